The van der Waals surface area contributed by atoms with Gasteiger partial charge in [-0.25, -0.2) is 4.98 Å². The Kier molecular flexibility index (Phi) is 3.20. The fourth-order valence-corrected chi connectivity index (χ4v) is 1.93. The highest BCUT2D eigenvalue weighted by Gasteiger charge is 2.10. The Bertz CT molecular complexity index is 680. The van der Waals surface area contributed by atoms with E-state index in [-0.39, 0.29) is 0 Å². The highest BCUT2D eigenvalue weighted by atomic mass is 35.5. The second kappa shape index (κ2) is 5.16. The summed E-state index contributed by atoms with van der Waals surface area (Å²) in [5.41, 5.74) is 1.78. The van der Waals surface area contributed by atoms with Crippen LogP contribution in [0.4, 0.5) is 0 Å². The lowest BCUT2D eigenvalue weighted by atomic mass is 10.2. The summed E-state index contributed by atoms with van der Waals surface area (Å²) < 4.78 is 0. The minimum absolute atomic E-state index is 0.353. The van der Waals surface area contributed by atoms with Gasteiger partial charge in [-0.05, 0) is 11.3 Å². The molecule has 0 spiro atoms. The molecule has 94 valence electrons. The average molecular weight is 272 g/mol. The molecule has 19 heavy (non-hydrogen) atoms. The van der Waals surface area contributed by atoms with E-state index in [1.54, 1.807) is 6.20 Å². The first kappa shape index (κ1) is 11.8. The van der Waals surface area contributed by atoms with Crippen molar-refractivity contribution in [2.45, 2.75) is 5.88 Å². The summed E-state index contributed by atoms with van der Waals surface area (Å²) in [6, 6.07) is 13.4. The average Bonchev–Trinajstić information content (AvgIpc) is 2.98. The van der Waals surface area contributed by atoms with Crippen molar-refractivity contribution >= 4 is 11.6 Å². The minimum Gasteiger partial charge on any atom is -0.235 e. The van der Waals surface area contributed by atoms with Gasteiger partial charge in [0.25, 0.3) is 0 Å². The molecule has 0 N–H and O–H groups in total. The Labute approximate surface area is 114 Å². The third-order valence-electron chi connectivity index (χ3n) is 2.65. The van der Waals surface area contributed by atoms with Crippen molar-refractivity contribution in [3.8, 4) is 17.2 Å². The van der Waals surface area contributed by atoms with Crippen LogP contribution in [0.3, 0.4) is 0 Å². The van der Waals surface area contributed by atoms with Gasteiger partial charge in [0.15, 0.2) is 5.82 Å². The predicted molar refractivity (Wildman–Crippen MR) is 71.9 cm³/mol. The quantitative estimate of drug-likeness (QED) is 0.687. The van der Waals surface area contributed by atoms with Crippen molar-refractivity contribution in [3.63, 3.8) is 0 Å². The molecule has 0 fully saturated rings. The smallest absolute Gasteiger partial charge is 0.205 e. The Morgan fingerprint density at radius 1 is 1.05 bits per heavy atom. The number of hydrogen-bond donors (Lipinski definition) is 0. The molecule has 2 heterocycles. The van der Waals surface area contributed by atoms with Gasteiger partial charge in [-0.2, -0.15) is 0 Å². The molecule has 0 aliphatic rings. The SMILES string of the molecule is ClCc1cccnc1-n1nnc(-c2ccccc2)n1. The van der Waals surface area contributed by atoms with Crippen molar-refractivity contribution in [3.05, 3.63) is 54.2 Å². The van der Waals surface area contributed by atoms with E-state index in [4.69, 9.17) is 11.6 Å². The van der Waals surface area contributed by atoms with E-state index < -0.39 is 0 Å². The van der Waals surface area contributed by atoms with Crippen LogP contribution in [0.5, 0.6) is 0 Å². The van der Waals surface area contributed by atoms with Crippen LogP contribution in [0.25, 0.3) is 17.2 Å². The van der Waals surface area contributed by atoms with Gasteiger partial charge >= 0.3 is 0 Å². The molecule has 6 heteroatoms. The molecule has 0 aliphatic heterocycles. The molecule has 5 nitrogen and oxygen atoms in total. The maximum absolute atomic E-state index is 5.88. The van der Waals surface area contributed by atoms with Gasteiger partial charge in [-0.1, -0.05) is 36.4 Å². The van der Waals surface area contributed by atoms with Gasteiger partial charge in [0, 0.05) is 17.3 Å². The molecule has 0 saturated carbocycles. The molecule has 0 radical (unpaired) electrons. The van der Waals surface area contributed by atoms with Crippen LogP contribution in [0.1, 0.15) is 5.56 Å². The predicted octanol–water partition coefficient (Wildman–Crippen LogP) is 2.46. The molecule has 0 bridgehead atoms. The summed E-state index contributed by atoms with van der Waals surface area (Å²) >= 11 is 5.88. The van der Waals surface area contributed by atoms with E-state index in [0.29, 0.717) is 17.5 Å². The molecule has 3 rings (SSSR count). The molecule has 0 amide bonds. The van der Waals surface area contributed by atoms with Crippen molar-refractivity contribution in [2.75, 3.05) is 0 Å². The highest BCUT2D eigenvalue weighted by molar-refractivity contribution is 6.17. The lowest BCUT2D eigenvalue weighted by molar-refractivity contribution is 0.695. The molecular weight excluding hydrogens is 262 g/mol. The first-order valence-electron chi connectivity index (χ1n) is 5.74. The fourth-order valence-electron chi connectivity index (χ4n) is 1.72. The molecule has 0 atom stereocenters. The van der Waals surface area contributed by atoms with Gasteiger partial charge in [-0.15, -0.1) is 26.6 Å². The fraction of sp³-hybridized carbons (Fsp3) is 0.0769. The summed E-state index contributed by atoms with van der Waals surface area (Å²) in [6.45, 7) is 0. The first-order chi connectivity index (χ1) is 9.38. The zero-order valence-electron chi connectivity index (χ0n) is 9.94. The summed E-state index contributed by atoms with van der Waals surface area (Å²) in [6.07, 6.45) is 1.68. The molecular formula is C13H10ClN5. The minimum atomic E-state index is 0.353. The first-order valence-corrected chi connectivity index (χ1v) is 6.27. The van der Waals surface area contributed by atoms with E-state index in [9.17, 15) is 0 Å². The van der Waals surface area contributed by atoms with E-state index in [2.05, 4.69) is 20.4 Å². The van der Waals surface area contributed by atoms with Crippen LogP contribution >= 0.6 is 11.6 Å². The molecule has 0 aliphatic carbocycles. The van der Waals surface area contributed by atoms with Crippen LogP contribution < -0.4 is 0 Å². The van der Waals surface area contributed by atoms with Crippen LogP contribution in [-0.4, -0.2) is 25.2 Å². The summed E-state index contributed by atoms with van der Waals surface area (Å²) in [7, 11) is 0. The molecule has 1 aromatic carbocycles. The van der Waals surface area contributed by atoms with Gasteiger partial charge in [0.05, 0.1) is 5.88 Å². The number of halogens is 1. The van der Waals surface area contributed by atoms with Gasteiger partial charge in [-0.3, -0.25) is 0 Å². The number of hydrogen-bond acceptors (Lipinski definition) is 4. The van der Waals surface area contributed by atoms with E-state index in [1.165, 1.54) is 4.80 Å². The number of alkyl halides is 1. The molecule has 0 saturated heterocycles. The summed E-state index contributed by atoms with van der Waals surface area (Å²) in [5.74, 6) is 1.52. The maximum atomic E-state index is 5.88. The Morgan fingerprint density at radius 3 is 2.68 bits per heavy atom. The maximum Gasteiger partial charge on any atom is 0.205 e. The Balaban J connectivity index is 2.02. The number of tetrazole rings is 1. The van der Waals surface area contributed by atoms with Crippen LogP contribution in [-0.2, 0) is 5.88 Å². The topological polar surface area (TPSA) is 56.5 Å². The number of nitrogens with zero attached hydrogens (tertiary/aromatic N) is 5. The second-order valence-electron chi connectivity index (χ2n) is 3.89. The third-order valence-corrected chi connectivity index (χ3v) is 2.93. The van der Waals surface area contributed by atoms with Crippen LogP contribution in [0.15, 0.2) is 48.7 Å². The number of rotatable bonds is 3. The van der Waals surface area contributed by atoms with E-state index in [0.717, 1.165) is 11.1 Å². The van der Waals surface area contributed by atoms with Crippen molar-refractivity contribution in [1.29, 1.82) is 0 Å². The summed E-state index contributed by atoms with van der Waals surface area (Å²) in [4.78, 5) is 5.64. The molecule has 3 aromatic rings. The zero-order valence-corrected chi connectivity index (χ0v) is 10.7. The van der Waals surface area contributed by atoms with Crippen LogP contribution in [0.2, 0.25) is 0 Å². The largest absolute Gasteiger partial charge is 0.235 e. The van der Waals surface area contributed by atoms with E-state index in [1.807, 2.05) is 42.5 Å². The Morgan fingerprint density at radius 2 is 1.89 bits per heavy atom. The highest BCUT2D eigenvalue weighted by Crippen LogP contribution is 2.15. The van der Waals surface area contributed by atoms with Crippen LogP contribution in [0, 0.1) is 0 Å². The molecule has 2 aromatic heterocycles. The third kappa shape index (κ3) is 2.32. The van der Waals surface area contributed by atoms with Crippen molar-refractivity contribution < 1.29 is 0 Å². The standard InChI is InChI=1S/C13H10ClN5/c14-9-11-7-4-8-15-13(11)19-17-12(16-18-19)10-5-2-1-3-6-10/h1-8H,9H2. The van der Waals surface area contributed by atoms with Crippen molar-refractivity contribution in [1.82, 2.24) is 25.2 Å². The van der Waals surface area contributed by atoms with Gasteiger partial charge < -0.3 is 0 Å². The lowest BCUT2D eigenvalue weighted by Gasteiger charge is -2.02. The van der Waals surface area contributed by atoms with Crippen molar-refractivity contribution in [2.24, 2.45) is 0 Å². The normalized spacial score (nSPS) is 10.6. The monoisotopic (exact) mass is 271 g/mol. The summed E-state index contributed by atoms with van der Waals surface area (Å²) in [5, 5.41) is 12.4. The zero-order chi connectivity index (χ0) is 13.1. The van der Waals surface area contributed by atoms with Gasteiger partial charge in [0.2, 0.25) is 5.82 Å². The number of pyridine rings is 1. The Hall–Kier alpha value is -2.27. The molecule has 0 unspecified atom stereocenters. The van der Waals surface area contributed by atoms with Gasteiger partial charge in [0.1, 0.15) is 0 Å². The number of benzene rings is 1. The second-order valence-corrected chi connectivity index (χ2v) is 4.16. The van der Waals surface area contributed by atoms with E-state index >= 15 is 0 Å². The number of aromatic nitrogens is 5. The lowest BCUT2D eigenvalue weighted by Crippen LogP contribution is -2.05.